The molecule has 25 heavy (non-hydrogen) atoms. The SMILES string of the molecule is Cc1nn(-c2ccccc2)c(C)c1C[NH+](C)Cc1nc(N)nc(N)n1. The van der Waals surface area contributed by atoms with Crippen molar-refractivity contribution in [2.45, 2.75) is 26.9 Å². The van der Waals surface area contributed by atoms with E-state index >= 15 is 0 Å². The minimum absolute atomic E-state index is 0.152. The van der Waals surface area contributed by atoms with Crippen LogP contribution in [0.5, 0.6) is 0 Å². The molecule has 0 saturated heterocycles. The zero-order valence-electron chi connectivity index (χ0n) is 14.7. The molecule has 0 spiro atoms. The van der Waals surface area contributed by atoms with Crippen LogP contribution in [0, 0.1) is 13.8 Å². The maximum atomic E-state index is 5.64. The number of nitrogens with two attached hydrogens (primary N) is 2. The van der Waals surface area contributed by atoms with Crippen LogP contribution in [0.15, 0.2) is 30.3 Å². The highest BCUT2D eigenvalue weighted by atomic mass is 15.3. The smallest absolute Gasteiger partial charge is 0.225 e. The molecule has 1 unspecified atom stereocenters. The molecule has 0 radical (unpaired) electrons. The van der Waals surface area contributed by atoms with E-state index < -0.39 is 0 Å². The Balaban J connectivity index is 1.79. The van der Waals surface area contributed by atoms with Gasteiger partial charge in [0.05, 0.1) is 29.7 Å². The number of anilines is 2. The van der Waals surface area contributed by atoms with E-state index in [9.17, 15) is 0 Å². The number of benzene rings is 1. The second kappa shape index (κ2) is 6.86. The van der Waals surface area contributed by atoms with Crippen LogP contribution < -0.4 is 16.4 Å². The summed E-state index contributed by atoms with van der Waals surface area (Å²) in [6.45, 7) is 5.53. The molecule has 130 valence electrons. The fraction of sp³-hybridized carbons (Fsp3) is 0.294. The summed E-state index contributed by atoms with van der Waals surface area (Å²) in [5, 5.41) is 4.69. The molecule has 0 amide bonds. The largest absolute Gasteiger partial charge is 0.368 e. The maximum Gasteiger partial charge on any atom is 0.225 e. The molecule has 5 N–H and O–H groups in total. The Morgan fingerprint density at radius 2 is 1.60 bits per heavy atom. The van der Waals surface area contributed by atoms with Crippen molar-refractivity contribution in [3.8, 4) is 5.69 Å². The number of aryl methyl sites for hydroxylation is 1. The van der Waals surface area contributed by atoms with Crippen LogP contribution in [0.4, 0.5) is 11.9 Å². The zero-order valence-corrected chi connectivity index (χ0v) is 14.7. The standard InChI is InChI=1S/C17H22N8/c1-11-14(12(2)25(23-11)13-7-5-4-6-8-13)9-24(3)10-15-20-16(18)22-17(19)21-15/h4-8H,9-10H2,1-3H3,(H4,18,19,20,21,22)/p+1. The molecule has 0 bridgehead atoms. The van der Waals surface area contributed by atoms with Gasteiger partial charge in [-0.25, -0.2) is 4.68 Å². The molecule has 0 aliphatic rings. The van der Waals surface area contributed by atoms with E-state index in [-0.39, 0.29) is 11.9 Å². The van der Waals surface area contributed by atoms with E-state index in [2.05, 4.69) is 41.1 Å². The molecule has 0 fully saturated rings. The number of nitrogens with one attached hydrogen (secondary N) is 1. The lowest BCUT2D eigenvalue weighted by Crippen LogP contribution is -3.06. The Kier molecular flexibility index (Phi) is 4.62. The molecule has 1 aromatic carbocycles. The zero-order chi connectivity index (χ0) is 18.0. The van der Waals surface area contributed by atoms with Gasteiger partial charge in [0.15, 0.2) is 5.82 Å². The van der Waals surface area contributed by atoms with Crippen LogP contribution in [0.1, 0.15) is 22.8 Å². The van der Waals surface area contributed by atoms with Crippen LogP contribution in [-0.2, 0) is 13.1 Å². The summed E-state index contributed by atoms with van der Waals surface area (Å²) in [6.07, 6.45) is 0. The first-order valence-corrected chi connectivity index (χ1v) is 8.11. The number of hydrogen-bond donors (Lipinski definition) is 3. The number of rotatable bonds is 5. The summed E-state index contributed by atoms with van der Waals surface area (Å²) < 4.78 is 1.98. The summed E-state index contributed by atoms with van der Waals surface area (Å²) in [5.74, 6) is 0.896. The molecule has 2 aromatic heterocycles. The second-order valence-corrected chi connectivity index (χ2v) is 6.18. The Morgan fingerprint density at radius 3 is 2.24 bits per heavy atom. The Bertz CT molecular complexity index is 852. The van der Waals surface area contributed by atoms with Crippen LogP contribution in [0.3, 0.4) is 0 Å². The van der Waals surface area contributed by atoms with Gasteiger partial charge in [0.25, 0.3) is 0 Å². The van der Waals surface area contributed by atoms with Gasteiger partial charge in [0, 0.05) is 0 Å². The molecule has 0 aliphatic carbocycles. The molecule has 0 saturated carbocycles. The summed E-state index contributed by atoms with van der Waals surface area (Å²) in [4.78, 5) is 13.3. The van der Waals surface area contributed by atoms with Crippen molar-refractivity contribution in [2.24, 2.45) is 0 Å². The van der Waals surface area contributed by atoms with E-state index in [4.69, 9.17) is 16.6 Å². The number of nitrogen functional groups attached to an aromatic ring is 2. The average Bonchev–Trinajstić information content (AvgIpc) is 2.83. The van der Waals surface area contributed by atoms with Crippen molar-refractivity contribution in [3.05, 3.63) is 53.1 Å². The van der Waals surface area contributed by atoms with Crippen molar-refractivity contribution < 1.29 is 4.90 Å². The third kappa shape index (κ3) is 3.74. The van der Waals surface area contributed by atoms with Gasteiger partial charge in [-0.3, -0.25) is 0 Å². The average molecular weight is 339 g/mol. The minimum Gasteiger partial charge on any atom is -0.368 e. The van der Waals surface area contributed by atoms with Crippen molar-refractivity contribution in [1.29, 1.82) is 0 Å². The van der Waals surface area contributed by atoms with E-state index in [0.29, 0.717) is 12.4 Å². The number of nitrogens with zero attached hydrogens (tertiary/aromatic N) is 5. The quantitative estimate of drug-likeness (QED) is 0.605. The predicted octanol–water partition coefficient (Wildman–Crippen LogP) is 0.0534. The topological polar surface area (TPSA) is 113 Å². The van der Waals surface area contributed by atoms with Gasteiger partial charge in [0.2, 0.25) is 11.9 Å². The molecule has 8 nitrogen and oxygen atoms in total. The molecule has 0 aliphatic heterocycles. The highest BCUT2D eigenvalue weighted by molar-refractivity contribution is 5.36. The second-order valence-electron chi connectivity index (χ2n) is 6.18. The van der Waals surface area contributed by atoms with Crippen molar-refractivity contribution in [2.75, 3.05) is 18.5 Å². The monoisotopic (exact) mass is 339 g/mol. The lowest BCUT2D eigenvalue weighted by molar-refractivity contribution is -0.908. The highest BCUT2D eigenvalue weighted by Gasteiger charge is 2.17. The predicted molar refractivity (Wildman–Crippen MR) is 96.0 cm³/mol. The Morgan fingerprint density at radius 1 is 0.960 bits per heavy atom. The maximum absolute atomic E-state index is 5.64. The minimum atomic E-state index is 0.152. The van der Waals surface area contributed by atoms with Gasteiger partial charge in [0.1, 0.15) is 13.1 Å². The third-order valence-corrected chi connectivity index (χ3v) is 4.10. The first-order chi connectivity index (χ1) is 11.9. The molecule has 3 rings (SSSR count). The van der Waals surface area contributed by atoms with E-state index in [1.807, 2.05) is 29.8 Å². The van der Waals surface area contributed by atoms with Crippen LogP contribution >= 0.6 is 0 Å². The van der Waals surface area contributed by atoms with Crippen molar-refractivity contribution in [3.63, 3.8) is 0 Å². The molecule has 8 heteroatoms. The van der Waals surface area contributed by atoms with E-state index in [1.165, 1.54) is 10.5 Å². The Labute approximate surface area is 146 Å². The molecule has 3 aromatic rings. The van der Waals surface area contributed by atoms with Gasteiger partial charge in [-0.1, -0.05) is 18.2 Å². The van der Waals surface area contributed by atoms with Gasteiger partial charge >= 0.3 is 0 Å². The van der Waals surface area contributed by atoms with Crippen LogP contribution in [0.2, 0.25) is 0 Å². The van der Waals surface area contributed by atoms with E-state index in [0.717, 1.165) is 23.6 Å². The molecule has 2 heterocycles. The van der Waals surface area contributed by atoms with Gasteiger partial charge < -0.3 is 16.4 Å². The summed E-state index contributed by atoms with van der Waals surface area (Å²) in [6, 6.07) is 10.1. The van der Waals surface area contributed by atoms with Gasteiger partial charge in [-0.2, -0.15) is 20.1 Å². The lowest BCUT2D eigenvalue weighted by atomic mass is 10.2. The highest BCUT2D eigenvalue weighted by Crippen LogP contribution is 2.17. The normalized spacial score (nSPS) is 12.3. The van der Waals surface area contributed by atoms with E-state index in [1.54, 1.807) is 0 Å². The Hall–Kier alpha value is -3.00. The lowest BCUT2D eigenvalue weighted by Gasteiger charge is -2.14. The number of para-hydroxylation sites is 1. The fourth-order valence-corrected chi connectivity index (χ4v) is 2.92. The molecular formula is C17H23N8+. The van der Waals surface area contributed by atoms with Crippen LogP contribution in [0.25, 0.3) is 5.69 Å². The van der Waals surface area contributed by atoms with Crippen molar-refractivity contribution >= 4 is 11.9 Å². The van der Waals surface area contributed by atoms with Crippen LogP contribution in [-0.4, -0.2) is 31.8 Å². The first kappa shape index (κ1) is 16.8. The number of quaternary nitrogens is 1. The number of hydrogen-bond acceptors (Lipinski definition) is 6. The van der Waals surface area contributed by atoms with Gasteiger partial charge in [-0.05, 0) is 26.0 Å². The summed E-state index contributed by atoms with van der Waals surface area (Å²) in [5.41, 5.74) is 15.7. The van der Waals surface area contributed by atoms with Gasteiger partial charge in [-0.15, -0.1) is 0 Å². The molecule has 1 atom stereocenters. The molecular weight excluding hydrogens is 316 g/mol. The summed E-state index contributed by atoms with van der Waals surface area (Å²) >= 11 is 0. The first-order valence-electron chi connectivity index (χ1n) is 8.11. The third-order valence-electron chi connectivity index (χ3n) is 4.10. The summed E-state index contributed by atoms with van der Waals surface area (Å²) in [7, 11) is 2.08. The fourth-order valence-electron chi connectivity index (χ4n) is 2.92. The van der Waals surface area contributed by atoms with Crippen molar-refractivity contribution in [1.82, 2.24) is 24.7 Å². The number of aromatic nitrogens is 5.